The molecule has 27 heavy (non-hydrogen) atoms. The normalized spacial score (nSPS) is 16.8. The molecule has 1 atom stereocenters. The highest BCUT2D eigenvalue weighted by molar-refractivity contribution is 7.90. The Morgan fingerprint density at radius 1 is 1.30 bits per heavy atom. The molecule has 1 aliphatic heterocycles. The molecule has 1 aliphatic rings. The van der Waals surface area contributed by atoms with Crippen molar-refractivity contribution in [2.24, 2.45) is 5.92 Å². The second kappa shape index (κ2) is 8.50. The molecule has 0 aliphatic carbocycles. The predicted octanol–water partition coefficient (Wildman–Crippen LogP) is 3.39. The number of anilines is 1. The summed E-state index contributed by atoms with van der Waals surface area (Å²) >= 11 is 1.40. The third kappa shape index (κ3) is 5.37. The number of aromatic nitrogens is 1. The zero-order valence-electron chi connectivity index (χ0n) is 15.5. The third-order valence-electron chi connectivity index (χ3n) is 4.79. The van der Waals surface area contributed by atoms with Crippen molar-refractivity contribution < 1.29 is 17.9 Å². The first kappa shape index (κ1) is 20.0. The minimum absolute atomic E-state index is 0.108. The zero-order valence-corrected chi connectivity index (χ0v) is 17.1. The van der Waals surface area contributed by atoms with Crippen LogP contribution in [0, 0.1) is 12.8 Å². The van der Waals surface area contributed by atoms with Crippen molar-refractivity contribution in [2.45, 2.75) is 37.0 Å². The van der Waals surface area contributed by atoms with Crippen LogP contribution in [0.2, 0.25) is 0 Å². The fourth-order valence-corrected chi connectivity index (χ4v) is 4.58. The largest absolute Gasteiger partial charge is 0.381 e. The summed E-state index contributed by atoms with van der Waals surface area (Å²) in [6.45, 7) is 3.32. The number of thiazole rings is 1. The summed E-state index contributed by atoms with van der Waals surface area (Å²) in [7, 11) is -3.26. The predicted molar refractivity (Wildman–Crippen MR) is 106 cm³/mol. The van der Waals surface area contributed by atoms with Gasteiger partial charge in [0.15, 0.2) is 15.0 Å². The van der Waals surface area contributed by atoms with Crippen molar-refractivity contribution in [3.8, 4) is 0 Å². The van der Waals surface area contributed by atoms with Gasteiger partial charge < -0.3 is 10.1 Å². The molecule has 2 heterocycles. The number of hydrogen-bond acceptors (Lipinski definition) is 6. The molecule has 1 aromatic heterocycles. The summed E-state index contributed by atoms with van der Waals surface area (Å²) in [5.41, 5.74) is 1.69. The molecule has 2 aromatic rings. The van der Waals surface area contributed by atoms with E-state index in [-0.39, 0.29) is 16.7 Å². The van der Waals surface area contributed by atoms with E-state index in [0.29, 0.717) is 17.5 Å². The molecule has 1 unspecified atom stereocenters. The van der Waals surface area contributed by atoms with Crippen LogP contribution in [0.3, 0.4) is 0 Å². The first-order valence-corrected chi connectivity index (χ1v) is 11.7. The lowest BCUT2D eigenvalue weighted by atomic mass is 9.84. The Labute approximate surface area is 163 Å². The molecular weight excluding hydrogens is 384 g/mol. The molecule has 1 aromatic carbocycles. The summed E-state index contributed by atoms with van der Waals surface area (Å²) < 4.78 is 28.8. The highest BCUT2D eigenvalue weighted by atomic mass is 32.2. The van der Waals surface area contributed by atoms with Crippen LogP contribution in [0.15, 0.2) is 34.5 Å². The molecular formula is C19H24N2O4S2. The van der Waals surface area contributed by atoms with E-state index in [9.17, 15) is 13.2 Å². The Bertz CT molecular complexity index is 885. The number of nitrogens with one attached hydrogen (secondary N) is 1. The number of sulfone groups is 1. The molecule has 0 spiro atoms. The number of benzene rings is 1. The van der Waals surface area contributed by atoms with Crippen molar-refractivity contribution in [2.75, 3.05) is 24.8 Å². The Morgan fingerprint density at radius 3 is 2.52 bits per heavy atom. The Kier molecular flexibility index (Phi) is 6.29. The molecule has 1 fully saturated rings. The van der Waals surface area contributed by atoms with Gasteiger partial charge in [0.05, 0.1) is 16.5 Å². The monoisotopic (exact) mass is 408 g/mol. The number of hydrogen-bond donors (Lipinski definition) is 1. The van der Waals surface area contributed by atoms with Crippen molar-refractivity contribution in [1.82, 2.24) is 4.98 Å². The van der Waals surface area contributed by atoms with E-state index < -0.39 is 9.84 Å². The van der Waals surface area contributed by atoms with Crippen LogP contribution in [-0.4, -0.2) is 38.8 Å². The highest BCUT2D eigenvalue weighted by Crippen LogP contribution is 2.31. The molecule has 3 rings (SSSR count). The van der Waals surface area contributed by atoms with E-state index in [1.165, 1.54) is 17.6 Å². The van der Waals surface area contributed by atoms with Gasteiger partial charge in [-0.15, -0.1) is 11.3 Å². The minimum atomic E-state index is -3.26. The standard InChI is InChI=1S/C19H24N2O4S2/c1-13-12-26-19(20-13)21-18(22)17(11-14-7-9-25-10-8-14)15-3-5-16(6-4-15)27(2,23)24/h3-6,12,14,17H,7-11H2,1-2H3,(H,20,21,22). The molecule has 1 N–H and O–H groups in total. The first-order chi connectivity index (χ1) is 12.8. The maximum Gasteiger partial charge on any atom is 0.233 e. The van der Waals surface area contributed by atoms with E-state index in [2.05, 4.69) is 10.3 Å². The summed E-state index contributed by atoms with van der Waals surface area (Å²) in [6.07, 6.45) is 3.75. The topological polar surface area (TPSA) is 85.4 Å². The SMILES string of the molecule is Cc1csc(NC(=O)C(CC2CCOCC2)c2ccc(S(C)(=O)=O)cc2)n1. The molecule has 8 heteroatoms. The van der Waals surface area contributed by atoms with Crippen LogP contribution < -0.4 is 5.32 Å². The zero-order chi connectivity index (χ0) is 19.4. The van der Waals surface area contributed by atoms with Gasteiger partial charge in [-0.25, -0.2) is 13.4 Å². The van der Waals surface area contributed by atoms with Crippen LogP contribution >= 0.6 is 11.3 Å². The lowest BCUT2D eigenvalue weighted by molar-refractivity contribution is -0.118. The number of nitrogens with zero attached hydrogens (tertiary/aromatic N) is 1. The molecule has 1 saturated heterocycles. The molecule has 0 saturated carbocycles. The van der Waals surface area contributed by atoms with Crippen LogP contribution in [0.25, 0.3) is 0 Å². The van der Waals surface area contributed by atoms with Gasteiger partial charge in [-0.05, 0) is 49.8 Å². The van der Waals surface area contributed by atoms with Gasteiger partial charge in [0.2, 0.25) is 5.91 Å². The highest BCUT2D eigenvalue weighted by Gasteiger charge is 2.27. The molecule has 146 valence electrons. The van der Waals surface area contributed by atoms with E-state index >= 15 is 0 Å². The lowest BCUT2D eigenvalue weighted by Crippen LogP contribution is -2.26. The average Bonchev–Trinajstić information content (AvgIpc) is 3.04. The van der Waals surface area contributed by atoms with E-state index in [1.54, 1.807) is 24.3 Å². The minimum Gasteiger partial charge on any atom is -0.381 e. The fourth-order valence-electron chi connectivity index (χ4n) is 3.26. The van der Waals surface area contributed by atoms with Crippen molar-refractivity contribution in [3.63, 3.8) is 0 Å². The third-order valence-corrected chi connectivity index (χ3v) is 6.79. The first-order valence-electron chi connectivity index (χ1n) is 8.93. The van der Waals surface area contributed by atoms with Gasteiger partial charge in [-0.3, -0.25) is 4.79 Å². The molecule has 0 bridgehead atoms. The average molecular weight is 409 g/mol. The molecule has 1 amide bonds. The van der Waals surface area contributed by atoms with Gasteiger partial charge in [-0.1, -0.05) is 12.1 Å². The molecule has 0 radical (unpaired) electrons. The number of carbonyl (C=O) groups excluding carboxylic acids is 1. The number of aryl methyl sites for hydroxylation is 1. The summed E-state index contributed by atoms with van der Waals surface area (Å²) in [5.74, 6) is -0.0593. The fraction of sp³-hybridized carbons (Fsp3) is 0.474. The van der Waals surface area contributed by atoms with E-state index in [1.807, 2.05) is 12.3 Å². The summed E-state index contributed by atoms with van der Waals surface area (Å²) in [5, 5.41) is 5.39. The Balaban J connectivity index is 1.82. The second-order valence-electron chi connectivity index (χ2n) is 6.97. The molecule has 6 nitrogen and oxygen atoms in total. The maximum absolute atomic E-state index is 13.0. The number of rotatable bonds is 6. The van der Waals surface area contributed by atoms with E-state index in [4.69, 9.17) is 4.74 Å². The van der Waals surface area contributed by atoms with Gasteiger partial charge in [0, 0.05) is 24.8 Å². The summed E-state index contributed by atoms with van der Waals surface area (Å²) in [4.78, 5) is 17.5. The number of ether oxygens (including phenoxy) is 1. The number of carbonyl (C=O) groups is 1. The van der Waals surface area contributed by atoms with Crippen molar-refractivity contribution >= 4 is 32.2 Å². The lowest BCUT2D eigenvalue weighted by Gasteiger charge is -2.26. The quantitative estimate of drug-likeness (QED) is 0.792. The second-order valence-corrected chi connectivity index (χ2v) is 9.84. The maximum atomic E-state index is 13.0. The smallest absolute Gasteiger partial charge is 0.233 e. The van der Waals surface area contributed by atoms with Crippen LogP contribution in [0.5, 0.6) is 0 Å². The van der Waals surface area contributed by atoms with Crippen LogP contribution in [0.1, 0.15) is 36.4 Å². The van der Waals surface area contributed by atoms with E-state index in [0.717, 1.165) is 37.3 Å². The summed E-state index contributed by atoms with van der Waals surface area (Å²) in [6, 6.07) is 6.63. The van der Waals surface area contributed by atoms with Crippen LogP contribution in [-0.2, 0) is 19.4 Å². The van der Waals surface area contributed by atoms with Gasteiger partial charge in [-0.2, -0.15) is 0 Å². The van der Waals surface area contributed by atoms with Gasteiger partial charge in [0.25, 0.3) is 0 Å². The van der Waals surface area contributed by atoms with Gasteiger partial charge in [0.1, 0.15) is 0 Å². The Morgan fingerprint density at radius 2 is 1.96 bits per heavy atom. The number of amides is 1. The Hall–Kier alpha value is -1.77. The van der Waals surface area contributed by atoms with Crippen LogP contribution in [0.4, 0.5) is 5.13 Å². The van der Waals surface area contributed by atoms with Gasteiger partial charge >= 0.3 is 0 Å². The van der Waals surface area contributed by atoms with Crippen molar-refractivity contribution in [3.05, 3.63) is 40.9 Å². The van der Waals surface area contributed by atoms with Crippen molar-refractivity contribution in [1.29, 1.82) is 0 Å².